The maximum absolute atomic E-state index is 4.28. The van der Waals surface area contributed by atoms with Gasteiger partial charge in [-0.05, 0) is 54.1 Å². The van der Waals surface area contributed by atoms with Crippen molar-refractivity contribution in [3.63, 3.8) is 0 Å². The maximum atomic E-state index is 4.28. The second-order valence-electron chi connectivity index (χ2n) is 8.65. The minimum absolute atomic E-state index is 0.643. The zero-order valence-corrected chi connectivity index (χ0v) is 21.5. The smallest absolute Gasteiger partial charge is 0.115 e. The Balaban J connectivity index is 1.27. The van der Waals surface area contributed by atoms with Gasteiger partial charge in [-0.25, -0.2) is 9.98 Å². The number of hydrogen-bond acceptors (Lipinski definition) is 2. The van der Waals surface area contributed by atoms with E-state index in [1.54, 1.807) is 6.34 Å². The lowest BCUT2D eigenvalue weighted by Gasteiger charge is -2.08. The van der Waals surface area contributed by atoms with Crippen LogP contribution in [0, 0.1) is 0 Å². The molecule has 4 aromatic rings. The van der Waals surface area contributed by atoms with Crippen LogP contribution in [0.1, 0.15) is 25.3 Å². The minimum atomic E-state index is 0.643. The van der Waals surface area contributed by atoms with Gasteiger partial charge in [-0.15, -0.1) is 0 Å². The lowest BCUT2D eigenvalue weighted by Crippen LogP contribution is -1.94. The average molecular weight is 488 g/mol. The second-order valence-corrected chi connectivity index (χ2v) is 9.85. The zero-order valence-electron chi connectivity index (χ0n) is 20.5. The van der Waals surface area contributed by atoms with Gasteiger partial charge >= 0.3 is 0 Å². The van der Waals surface area contributed by atoms with Gasteiger partial charge in [0.05, 0.1) is 11.0 Å². The number of fused-ring (bicyclic) bond motifs is 3. The number of aromatic nitrogens is 1. The number of allylic oxidation sites excluding steroid dienone is 7. The first kappa shape index (κ1) is 23.9. The molecule has 1 unspecified atom stereocenters. The van der Waals surface area contributed by atoms with E-state index in [-0.39, 0.29) is 0 Å². The molecule has 0 spiro atoms. The first-order valence-corrected chi connectivity index (χ1v) is 13.5. The predicted octanol–water partition coefficient (Wildman–Crippen LogP) is 8.76. The van der Waals surface area contributed by atoms with E-state index in [1.807, 2.05) is 6.21 Å². The zero-order chi connectivity index (χ0) is 24.6. The van der Waals surface area contributed by atoms with Crippen molar-refractivity contribution in [3.05, 3.63) is 126 Å². The topological polar surface area (TPSA) is 29.6 Å². The molecule has 3 nitrogen and oxygen atoms in total. The Morgan fingerprint density at radius 1 is 0.944 bits per heavy atom. The summed E-state index contributed by atoms with van der Waals surface area (Å²) in [4.78, 5) is 8.29. The summed E-state index contributed by atoms with van der Waals surface area (Å²) in [5.74, 6) is 2.22. The molecule has 0 aliphatic carbocycles. The number of aliphatic imine (C=N–C) groups is 2. The molecular weight excluding hydrogens is 457 g/mol. The Morgan fingerprint density at radius 2 is 1.67 bits per heavy atom. The summed E-state index contributed by atoms with van der Waals surface area (Å²) in [6.07, 6.45) is 17.3. The van der Waals surface area contributed by atoms with Crippen molar-refractivity contribution in [2.75, 3.05) is 0 Å². The van der Waals surface area contributed by atoms with Gasteiger partial charge in [0, 0.05) is 34.8 Å². The molecule has 5 rings (SSSR count). The largest absolute Gasteiger partial charge is 0.309 e. The molecule has 3 aromatic carbocycles. The van der Waals surface area contributed by atoms with Crippen LogP contribution in [0.4, 0.5) is 0 Å². The highest BCUT2D eigenvalue weighted by Gasteiger charge is 2.10. The summed E-state index contributed by atoms with van der Waals surface area (Å²) in [6.45, 7) is 2.19. The second kappa shape index (κ2) is 11.7. The third-order valence-corrected chi connectivity index (χ3v) is 7.24. The number of para-hydroxylation sites is 2. The van der Waals surface area contributed by atoms with Crippen molar-refractivity contribution < 1.29 is 0 Å². The van der Waals surface area contributed by atoms with Gasteiger partial charge in [-0.1, -0.05) is 94.2 Å². The Morgan fingerprint density at radius 3 is 2.33 bits per heavy atom. The number of benzene rings is 3. The van der Waals surface area contributed by atoms with Gasteiger partial charge in [0.2, 0.25) is 0 Å². The SMILES string of the molecule is CC/C=C(\C=C/Cc1ccc(-n2c3ccccc3c3ccccc32)cc1)P/C=C\C=C1/CC=NC=N1. The lowest BCUT2D eigenvalue weighted by atomic mass is 10.1. The monoisotopic (exact) mass is 487 g/mol. The van der Waals surface area contributed by atoms with E-state index < -0.39 is 0 Å². The molecule has 1 aliphatic heterocycles. The van der Waals surface area contributed by atoms with Crippen molar-refractivity contribution in [1.29, 1.82) is 0 Å². The van der Waals surface area contributed by atoms with Crippen LogP contribution in [0.5, 0.6) is 0 Å². The highest BCUT2D eigenvalue weighted by atomic mass is 31.1. The highest BCUT2D eigenvalue weighted by Crippen LogP contribution is 2.32. The van der Waals surface area contributed by atoms with E-state index in [2.05, 4.69) is 130 Å². The molecule has 178 valence electrons. The van der Waals surface area contributed by atoms with Gasteiger partial charge in [-0.3, -0.25) is 0 Å². The van der Waals surface area contributed by atoms with Gasteiger partial charge in [0.15, 0.2) is 0 Å². The number of hydrogen-bond donors (Lipinski definition) is 0. The summed E-state index contributed by atoms with van der Waals surface area (Å²) in [6, 6.07) is 26.2. The van der Waals surface area contributed by atoms with E-state index in [9.17, 15) is 0 Å². The number of nitrogens with zero attached hydrogens (tertiary/aromatic N) is 3. The fraction of sp³-hybridized carbons (Fsp3) is 0.125. The number of rotatable bonds is 8. The summed E-state index contributed by atoms with van der Waals surface area (Å²) in [5.41, 5.74) is 6.04. The van der Waals surface area contributed by atoms with Crippen LogP contribution in [0.2, 0.25) is 0 Å². The molecule has 0 amide bonds. The molecule has 0 saturated heterocycles. The molecule has 36 heavy (non-hydrogen) atoms. The summed E-state index contributed by atoms with van der Waals surface area (Å²) >= 11 is 0. The van der Waals surface area contributed by atoms with Crippen molar-refractivity contribution in [2.45, 2.75) is 26.2 Å². The third-order valence-electron chi connectivity index (χ3n) is 6.18. The summed E-state index contributed by atoms with van der Waals surface area (Å²) < 4.78 is 2.36. The van der Waals surface area contributed by atoms with E-state index >= 15 is 0 Å². The maximum Gasteiger partial charge on any atom is 0.115 e. The molecule has 0 bridgehead atoms. The molecule has 1 aromatic heterocycles. The standard InChI is InChI=1S/C32H30N3P/c1-2-9-28(36-23-8-11-26-21-22-33-24-34-26)12-7-10-25-17-19-27(20-18-25)35-31-15-5-3-13-29(31)30-14-4-6-16-32(30)35/h3-9,11-20,22-24,36H,2,10,21H2,1H3/b12-7-,23-8-,26-11+,28-9+. The van der Waals surface area contributed by atoms with Crippen LogP contribution in [0.25, 0.3) is 27.5 Å². The Labute approximate surface area is 214 Å². The van der Waals surface area contributed by atoms with Crippen molar-refractivity contribution >= 4 is 42.9 Å². The molecule has 2 heterocycles. The molecular formula is C32H30N3P. The van der Waals surface area contributed by atoms with Crippen molar-refractivity contribution in [3.8, 4) is 5.69 Å². The minimum Gasteiger partial charge on any atom is -0.309 e. The summed E-state index contributed by atoms with van der Waals surface area (Å²) in [5, 5.41) is 3.95. The van der Waals surface area contributed by atoms with Gasteiger partial charge in [0.25, 0.3) is 0 Å². The fourth-order valence-electron chi connectivity index (χ4n) is 4.47. The highest BCUT2D eigenvalue weighted by molar-refractivity contribution is 7.46. The van der Waals surface area contributed by atoms with E-state index in [0.29, 0.717) is 8.58 Å². The molecule has 0 saturated carbocycles. The Bertz CT molecular complexity index is 1480. The predicted molar refractivity (Wildman–Crippen MR) is 159 cm³/mol. The third kappa shape index (κ3) is 5.53. The van der Waals surface area contributed by atoms with Crippen molar-refractivity contribution in [1.82, 2.24) is 4.57 Å². The Kier molecular flexibility index (Phi) is 7.80. The quantitative estimate of drug-likeness (QED) is 0.176. The van der Waals surface area contributed by atoms with Gasteiger partial charge in [-0.2, -0.15) is 0 Å². The van der Waals surface area contributed by atoms with Gasteiger partial charge < -0.3 is 4.57 Å². The van der Waals surface area contributed by atoms with E-state index in [0.717, 1.165) is 25.0 Å². The lowest BCUT2D eigenvalue weighted by molar-refractivity contribution is 1.16. The normalized spacial score (nSPS) is 15.7. The van der Waals surface area contributed by atoms with Crippen LogP contribution >= 0.6 is 8.58 Å². The molecule has 0 radical (unpaired) electrons. The van der Waals surface area contributed by atoms with Gasteiger partial charge in [0.1, 0.15) is 6.34 Å². The Hall–Kier alpha value is -3.81. The van der Waals surface area contributed by atoms with Crippen LogP contribution in [-0.4, -0.2) is 17.1 Å². The molecule has 4 heteroatoms. The van der Waals surface area contributed by atoms with E-state index in [4.69, 9.17) is 0 Å². The first-order chi connectivity index (χ1) is 17.8. The van der Waals surface area contributed by atoms with Crippen LogP contribution in [0.15, 0.2) is 130 Å². The van der Waals surface area contributed by atoms with Crippen LogP contribution in [0.3, 0.4) is 0 Å². The van der Waals surface area contributed by atoms with E-state index in [1.165, 1.54) is 38.4 Å². The van der Waals surface area contributed by atoms with Crippen LogP contribution < -0.4 is 0 Å². The first-order valence-electron chi connectivity index (χ1n) is 12.4. The average Bonchev–Trinajstić information content (AvgIpc) is 3.26. The van der Waals surface area contributed by atoms with Crippen molar-refractivity contribution in [2.24, 2.45) is 9.98 Å². The fourth-order valence-corrected chi connectivity index (χ4v) is 5.39. The molecule has 1 aliphatic rings. The van der Waals surface area contributed by atoms with Crippen LogP contribution in [-0.2, 0) is 6.42 Å². The summed E-state index contributed by atoms with van der Waals surface area (Å²) in [7, 11) is 0.643. The molecule has 0 N–H and O–H groups in total. The molecule has 1 atom stereocenters. The molecule has 0 fully saturated rings.